The number of pyridine rings is 1. The highest BCUT2D eigenvalue weighted by Gasteiger charge is 2.27. The van der Waals surface area contributed by atoms with Gasteiger partial charge in [-0.3, -0.25) is 4.98 Å². The minimum Gasteiger partial charge on any atom is -0.444 e. The quantitative estimate of drug-likeness (QED) is 0.792. The van der Waals surface area contributed by atoms with E-state index >= 15 is 0 Å². The minimum absolute atomic E-state index is 0.261. The van der Waals surface area contributed by atoms with E-state index in [1.807, 2.05) is 20.8 Å². The second-order valence-corrected chi connectivity index (χ2v) is 6.14. The largest absolute Gasteiger partial charge is 0.444 e. The lowest BCUT2D eigenvalue weighted by atomic mass is 9.93. The topological polar surface area (TPSA) is 42.4 Å². The van der Waals surface area contributed by atoms with Gasteiger partial charge < -0.3 is 9.64 Å². The number of likely N-dealkylation sites (tertiary alicyclic amines) is 1. The summed E-state index contributed by atoms with van der Waals surface area (Å²) in [5, 5.41) is 0. The second-order valence-electron chi connectivity index (χ2n) is 6.14. The van der Waals surface area contributed by atoms with Crippen LogP contribution in [0.3, 0.4) is 0 Å². The fourth-order valence-corrected chi connectivity index (χ4v) is 2.31. The molecule has 1 amide bonds. The third kappa shape index (κ3) is 3.92. The lowest BCUT2D eigenvalue weighted by molar-refractivity contribution is 0.0204. The molecular weight excluding hydrogens is 259 g/mol. The molecule has 0 spiro atoms. The SMILES string of the molecule is CC(C)(C)OC(=O)N1CCC(c2ccc(F)cn2)CC1. The van der Waals surface area contributed by atoms with Gasteiger partial charge in [-0.25, -0.2) is 9.18 Å². The summed E-state index contributed by atoms with van der Waals surface area (Å²) in [6.07, 6.45) is 2.65. The van der Waals surface area contributed by atoms with E-state index in [4.69, 9.17) is 4.74 Å². The maximum Gasteiger partial charge on any atom is 0.410 e. The predicted molar refractivity (Wildman–Crippen MR) is 74.0 cm³/mol. The molecule has 0 atom stereocenters. The molecule has 0 unspecified atom stereocenters. The molecule has 0 aromatic carbocycles. The zero-order valence-electron chi connectivity index (χ0n) is 12.2. The first-order chi connectivity index (χ1) is 9.35. The number of piperidine rings is 1. The van der Waals surface area contributed by atoms with E-state index in [2.05, 4.69) is 4.98 Å². The van der Waals surface area contributed by atoms with Crippen LogP contribution >= 0.6 is 0 Å². The minimum atomic E-state index is -0.466. The van der Waals surface area contributed by atoms with Crippen LogP contribution in [0.15, 0.2) is 18.3 Å². The van der Waals surface area contributed by atoms with E-state index in [1.54, 1.807) is 11.0 Å². The van der Waals surface area contributed by atoms with E-state index in [0.717, 1.165) is 18.5 Å². The van der Waals surface area contributed by atoms with Gasteiger partial charge in [0.15, 0.2) is 0 Å². The number of hydrogen-bond acceptors (Lipinski definition) is 3. The summed E-state index contributed by atoms with van der Waals surface area (Å²) in [5.41, 5.74) is 0.433. The van der Waals surface area contributed by atoms with E-state index in [0.29, 0.717) is 13.1 Å². The number of nitrogens with zero attached hydrogens (tertiary/aromatic N) is 2. The Balaban J connectivity index is 1.89. The number of amides is 1. The Hall–Kier alpha value is -1.65. The maximum absolute atomic E-state index is 12.8. The lowest BCUT2D eigenvalue weighted by Crippen LogP contribution is -2.41. The van der Waals surface area contributed by atoms with Crippen LogP contribution < -0.4 is 0 Å². The second kappa shape index (κ2) is 5.77. The highest BCUT2D eigenvalue weighted by molar-refractivity contribution is 5.68. The number of aromatic nitrogens is 1. The maximum atomic E-state index is 12.8. The lowest BCUT2D eigenvalue weighted by Gasteiger charge is -2.33. The number of carbonyl (C=O) groups is 1. The van der Waals surface area contributed by atoms with Crippen molar-refractivity contribution in [2.24, 2.45) is 0 Å². The Kier molecular flexibility index (Phi) is 4.26. The molecule has 0 saturated carbocycles. The number of carbonyl (C=O) groups excluding carboxylic acids is 1. The summed E-state index contributed by atoms with van der Waals surface area (Å²) in [6, 6.07) is 3.16. The van der Waals surface area contributed by atoms with Crippen LogP contribution in [0, 0.1) is 5.82 Å². The highest BCUT2D eigenvalue weighted by Crippen LogP contribution is 2.27. The number of halogens is 1. The van der Waals surface area contributed by atoms with Crippen LogP contribution in [0.4, 0.5) is 9.18 Å². The summed E-state index contributed by atoms with van der Waals surface area (Å²) < 4.78 is 18.2. The molecule has 1 aliphatic heterocycles. The first-order valence-electron chi connectivity index (χ1n) is 6.94. The molecule has 1 saturated heterocycles. The summed E-state index contributed by atoms with van der Waals surface area (Å²) >= 11 is 0. The van der Waals surface area contributed by atoms with Gasteiger partial charge in [0, 0.05) is 24.7 Å². The van der Waals surface area contributed by atoms with Crippen molar-refractivity contribution in [3.05, 3.63) is 29.8 Å². The van der Waals surface area contributed by atoms with Gasteiger partial charge in [-0.05, 0) is 45.7 Å². The summed E-state index contributed by atoms with van der Waals surface area (Å²) in [6.45, 7) is 6.89. The van der Waals surface area contributed by atoms with Crippen LogP contribution in [0.25, 0.3) is 0 Å². The Morgan fingerprint density at radius 3 is 2.50 bits per heavy atom. The van der Waals surface area contributed by atoms with Crippen LogP contribution in [-0.4, -0.2) is 34.7 Å². The molecule has 2 rings (SSSR count). The number of hydrogen-bond donors (Lipinski definition) is 0. The van der Waals surface area contributed by atoms with Gasteiger partial charge in [0.1, 0.15) is 11.4 Å². The molecule has 0 aliphatic carbocycles. The Morgan fingerprint density at radius 1 is 1.35 bits per heavy atom. The van der Waals surface area contributed by atoms with Crippen molar-refractivity contribution in [3.8, 4) is 0 Å². The van der Waals surface area contributed by atoms with Crippen molar-refractivity contribution in [3.63, 3.8) is 0 Å². The van der Waals surface area contributed by atoms with Crippen LogP contribution in [-0.2, 0) is 4.74 Å². The zero-order chi connectivity index (χ0) is 14.8. The van der Waals surface area contributed by atoms with Crippen molar-refractivity contribution in [1.29, 1.82) is 0 Å². The zero-order valence-corrected chi connectivity index (χ0v) is 12.2. The fourth-order valence-electron chi connectivity index (χ4n) is 2.31. The standard InChI is InChI=1S/C15H21FN2O2/c1-15(2,3)20-14(19)18-8-6-11(7-9-18)13-5-4-12(16)10-17-13/h4-5,10-11H,6-9H2,1-3H3. The van der Waals surface area contributed by atoms with E-state index in [-0.39, 0.29) is 17.8 Å². The van der Waals surface area contributed by atoms with Gasteiger partial charge in [0.25, 0.3) is 0 Å². The van der Waals surface area contributed by atoms with Crippen molar-refractivity contribution in [2.75, 3.05) is 13.1 Å². The first-order valence-corrected chi connectivity index (χ1v) is 6.94. The molecule has 1 aromatic heterocycles. The monoisotopic (exact) mass is 280 g/mol. The van der Waals surface area contributed by atoms with E-state index < -0.39 is 5.60 Å². The molecule has 0 radical (unpaired) electrons. The third-order valence-electron chi connectivity index (χ3n) is 3.32. The van der Waals surface area contributed by atoms with Crippen molar-refractivity contribution in [2.45, 2.75) is 45.1 Å². The van der Waals surface area contributed by atoms with Gasteiger partial charge in [-0.15, -0.1) is 0 Å². The average Bonchev–Trinajstić information content (AvgIpc) is 2.38. The van der Waals surface area contributed by atoms with Crippen LogP contribution in [0.1, 0.15) is 45.2 Å². The molecule has 1 aromatic rings. The summed E-state index contributed by atoms with van der Waals surface area (Å²) in [4.78, 5) is 17.8. The van der Waals surface area contributed by atoms with Crippen LogP contribution in [0.5, 0.6) is 0 Å². The first kappa shape index (κ1) is 14.8. The highest BCUT2D eigenvalue weighted by atomic mass is 19.1. The number of ether oxygens (including phenoxy) is 1. The van der Waals surface area contributed by atoms with E-state index in [9.17, 15) is 9.18 Å². The normalized spacial score (nSPS) is 17.1. The molecule has 20 heavy (non-hydrogen) atoms. The summed E-state index contributed by atoms with van der Waals surface area (Å²) in [7, 11) is 0. The molecule has 4 nitrogen and oxygen atoms in total. The van der Waals surface area contributed by atoms with Gasteiger partial charge in [0.05, 0.1) is 6.20 Å². The molecule has 110 valence electrons. The molecule has 5 heteroatoms. The molecule has 1 aliphatic rings. The van der Waals surface area contributed by atoms with Crippen molar-refractivity contribution >= 4 is 6.09 Å². The van der Waals surface area contributed by atoms with Gasteiger partial charge in [-0.2, -0.15) is 0 Å². The van der Waals surface area contributed by atoms with Crippen LogP contribution in [0.2, 0.25) is 0 Å². The molecular formula is C15H21FN2O2. The Bertz CT molecular complexity index is 460. The van der Waals surface area contributed by atoms with Crippen molar-refractivity contribution in [1.82, 2.24) is 9.88 Å². The molecule has 2 heterocycles. The predicted octanol–water partition coefficient (Wildman–Crippen LogP) is 3.34. The number of rotatable bonds is 1. The Morgan fingerprint density at radius 2 is 2.00 bits per heavy atom. The third-order valence-corrected chi connectivity index (χ3v) is 3.32. The van der Waals surface area contributed by atoms with Gasteiger partial charge in [0.2, 0.25) is 0 Å². The van der Waals surface area contributed by atoms with Crippen molar-refractivity contribution < 1.29 is 13.9 Å². The molecule has 0 N–H and O–H groups in total. The molecule has 1 fully saturated rings. The average molecular weight is 280 g/mol. The molecule has 0 bridgehead atoms. The van der Waals surface area contributed by atoms with Gasteiger partial charge >= 0.3 is 6.09 Å². The smallest absolute Gasteiger partial charge is 0.410 e. The van der Waals surface area contributed by atoms with Gasteiger partial charge in [-0.1, -0.05) is 0 Å². The fraction of sp³-hybridized carbons (Fsp3) is 0.600. The van der Waals surface area contributed by atoms with E-state index in [1.165, 1.54) is 12.3 Å². The Labute approximate surface area is 118 Å². The summed E-state index contributed by atoms with van der Waals surface area (Å²) in [5.74, 6) is -0.0331.